The van der Waals surface area contributed by atoms with Gasteiger partial charge in [0.05, 0.1) is 16.5 Å². The molecule has 11 nitrogen and oxygen atoms in total. The van der Waals surface area contributed by atoms with Gasteiger partial charge >= 0.3 is 6.03 Å². The maximum Gasteiger partial charge on any atom is 0.326 e. The number of nitrogens with one attached hydrogen (secondary N) is 1. The zero-order valence-corrected chi connectivity index (χ0v) is 19.4. The quantitative estimate of drug-likeness (QED) is 0.373. The summed E-state index contributed by atoms with van der Waals surface area (Å²) in [5.74, 6) is 0.407. The number of amides is 3. The third-order valence-electron chi connectivity index (χ3n) is 7.12. The topological polar surface area (TPSA) is 133 Å². The Hall–Kier alpha value is -2.57. The number of sulfonamides is 1. The maximum absolute atomic E-state index is 13.1. The molecule has 1 aromatic carbocycles. The van der Waals surface area contributed by atoms with Gasteiger partial charge in [0.25, 0.3) is 11.6 Å². The van der Waals surface area contributed by atoms with E-state index in [9.17, 15) is 28.1 Å². The molecule has 0 bridgehead atoms. The van der Waals surface area contributed by atoms with Gasteiger partial charge in [0.2, 0.25) is 10.0 Å². The number of urea groups is 1. The van der Waals surface area contributed by atoms with Crippen LogP contribution >= 0.6 is 0 Å². The van der Waals surface area contributed by atoms with E-state index in [1.54, 1.807) is 0 Å². The molecule has 1 aromatic rings. The molecule has 1 spiro atoms. The van der Waals surface area contributed by atoms with Gasteiger partial charge in [-0.15, -0.1) is 0 Å². The third-order valence-corrected chi connectivity index (χ3v) is 9.02. The highest BCUT2D eigenvalue weighted by molar-refractivity contribution is 7.89. The van der Waals surface area contributed by atoms with Gasteiger partial charge in [0.1, 0.15) is 5.54 Å². The zero-order valence-electron chi connectivity index (χ0n) is 18.6. The summed E-state index contributed by atoms with van der Waals surface area (Å²) in [5.41, 5.74) is -1.08. The monoisotopic (exact) mass is 479 g/mol. The minimum atomic E-state index is -3.88. The van der Waals surface area contributed by atoms with Gasteiger partial charge in [-0.1, -0.05) is 19.4 Å². The Morgan fingerprint density at radius 3 is 2.42 bits per heavy atom. The van der Waals surface area contributed by atoms with Crippen LogP contribution in [0.25, 0.3) is 0 Å². The predicted octanol–water partition coefficient (Wildman–Crippen LogP) is 1.75. The molecular formula is C21H29N5O6S. The number of piperazine rings is 1. The normalized spacial score (nSPS) is 27.2. The number of hydrogen-bond acceptors (Lipinski definition) is 7. The minimum absolute atomic E-state index is 0.119. The molecule has 33 heavy (non-hydrogen) atoms. The Balaban J connectivity index is 1.37. The summed E-state index contributed by atoms with van der Waals surface area (Å²) < 4.78 is 27.1. The summed E-state index contributed by atoms with van der Waals surface area (Å²) in [4.78, 5) is 39.1. The van der Waals surface area contributed by atoms with E-state index in [4.69, 9.17) is 0 Å². The fraction of sp³-hybridized carbons (Fsp3) is 0.619. The highest BCUT2D eigenvalue weighted by Crippen LogP contribution is 2.37. The summed E-state index contributed by atoms with van der Waals surface area (Å²) in [6.45, 7) is 3.28. The lowest BCUT2D eigenvalue weighted by molar-refractivity contribution is -0.385. The SMILES string of the molecule is CCC1CCC2(CC1)NC(=O)N(CN1CCN(S(=O)(=O)c3cccc([N+](=O)[O-])c3)CC1)C2=O. The second-order valence-corrected chi connectivity index (χ2v) is 11.0. The van der Waals surface area contributed by atoms with Crippen molar-refractivity contribution in [3.8, 4) is 0 Å². The first-order valence-electron chi connectivity index (χ1n) is 11.3. The molecule has 0 unspecified atom stereocenters. The lowest BCUT2D eigenvalue weighted by Gasteiger charge is -2.36. The van der Waals surface area contributed by atoms with Gasteiger partial charge < -0.3 is 5.32 Å². The molecule has 2 heterocycles. The number of benzene rings is 1. The first-order valence-corrected chi connectivity index (χ1v) is 12.7. The van der Waals surface area contributed by atoms with Crippen LogP contribution in [0.1, 0.15) is 39.0 Å². The largest absolute Gasteiger partial charge is 0.326 e. The van der Waals surface area contributed by atoms with Crippen LogP contribution in [0.2, 0.25) is 0 Å². The number of nitro benzene ring substituents is 1. The Kier molecular flexibility index (Phi) is 6.43. The number of carbonyl (C=O) groups is 2. The van der Waals surface area contributed by atoms with E-state index >= 15 is 0 Å². The number of hydrogen-bond donors (Lipinski definition) is 1. The van der Waals surface area contributed by atoms with Crippen LogP contribution in [0.5, 0.6) is 0 Å². The first kappa shape index (κ1) is 23.6. The van der Waals surface area contributed by atoms with E-state index in [1.165, 1.54) is 27.4 Å². The van der Waals surface area contributed by atoms with Crippen molar-refractivity contribution >= 4 is 27.6 Å². The van der Waals surface area contributed by atoms with Crippen molar-refractivity contribution in [1.29, 1.82) is 0 Å². The number of non-ortho nitro benzene ring substituents is 1. The van der Waals surface area contributed by atoms with E-state index in [0.717, 1.165) is 25.3 Å². The van der Waals surface area contributed by atoms with E-state index in [1.807, 2.05) is 4.90 Å². The number of carbonyl (C=O) groups excluding carboxylic acids is 2. The molecule has 3 amide bonds. The predicted molar refractivity (Wildman–Crippen MR) is 119 cm³/mol. The molecule has 2 aliphatic heterocycles. The number of rotatable bonds is 6. The average Bonchev–Trinajstić information content (AvgIpc) is 3.04. The van der Waals surface area contributed by atoms with E-state index in [0.29, 0.717) is 31.8 Å². The van der Waals surface area contributed by atoms with Crippen molar-refractivity contribution in [2.24, 2.45) is 5.92 Å². The molecule has 0 atom stereocenters. The van der Waals surface area contributed by atoms with Gasteiger partial charge in [-0.2, -0.15) is 4.31 Å². The molecule has 3 aliphatic rings. The molecule has 180 valence electrons. The van der Waals surface area contributed by atoms with Crippen LogP contribution in [0.3, 0.4) is 0 Å². The molecule has 4 rings (SSSR count). The molecular weight excluding hydrogens is 450 g/mol. The zero-order chi connectivity index (χ0) is 23.8. The van der Waals surface area contributed by atoms with E-state index in [-0.39, 0.29) is 42.3 Å². The summed E-state index contributed by atoms with van der Waals surface area (Å²) in [5, 5.41) is 13.9. The van der Waals surface area contributed by atoms with Crippen molar-refractivity contribution < 1.29 is 22.9 Å². The highest BCUT2D eigenvalue weighted by atomic mass is 32.2. The lowest BCUT2D eigenvalue weighted by atomic mass is 9.75. The van der Waals surface area contributed by atoms with Crippen LogP contribution in [0.15, 0.2) is 29.2 Å². The molecule has 2 saturated heterocycles. The van der Waals surface area contributed by atoms with Crippen LogP contribution in [0, 0.1) is 16.0 Å². The summed E-state index contributed by atoms with van der Waals surface area (Å²) in [6.07, 6.45) is 4.23. The summed E-state index contributed by atoms with van der Waals surface area (Å²) >= 11 is 0. The standard InChI is InChI=1S/C21H29N5O6S/c1-2-16-6-8-21(9-7-16)19(27)25(20(28)22-21)15-23-10-12-24(13-11-23)33(31,32)18-5-3-4-17(14-18)26(29)30/h3-5,14,16H,2,6-13,15H2,1H3,(H,22,28). The van der Waals surface area contributed by atoms with Gasteiger partial charge in [0.15, 0.2) is 0 Å². The van der Waals surface area contributed by atoms with Crippen LogP contribution in [-0.2, 0) is 14.8 Å². The van der Waals surface area contributed by atoms with E-state index in [2.05, 4.69) is 12.2 Å². The van der Waals surface area contributed by atoms with Gasteiger partial charge in [-0.25, -0.2) is 18.1 Å². The van der Waals surface area contributed by atoms with Crippen LogP contribution in [-0.4, -0.2) is 77.8 Å². The molecule has 1 aliphatic carbocycles. The summed E-state index contributed by atoms with van der Waals surface area (Å²) in [6, 6.07) is 4.61. The van der Waals surface area contributed by atoms with Gasteiger partial charge in [-0.05, 0) is 37.7 Å². The van der Waals surface area contributed by atoms with Crippen LogP contribution in [0.4, 0.5) is 10.5 Å². The van der Waals surface area contributed by atoms with Crippen LogP contribution < -0.4 is 5.32 Å². The Labute approximate surface area is 192 Å². The van der Waals surface area contributed by atoms with Crippen molar-refractivity contribution in [3.05, 3.63) is 34.4 Å². The maximum atomic E-state index is 13.1. The van der Waals surface area contributed by atoms with E-state index < -0.39 is 20.5 Å². The van der Waals surface area contributed by atoms with Crippen molar-refractivity contribution in [3.63, 3.8) is 0 Å². The second kappa shape index (κ2) is 8.99. The Morgan fingerprint density at radius 2 is 1.82 bits per heavy atom. The molecule has 3 fully saturated rings. The molecule has 1 saturated carbocycles. The van der Waals surface area contributed by atoms with Crippen molar-refractivity contribution in [2.45, 2.75) is 49.5 Å². The first-order chi connectivity index (χ1) is 15.7. The van der Waals surface area contributed by atoms with Gasteiger partial charge in [0, 0.05) is 38.3 Å². The summed E-state index contributed by atoms with van der Waals surface area (Å²) in [7, 11) is -3.88. The molecule has 1 N–H and O–H groups in total. The fourth-order valence-corrected chi connectivity index (χ4v) is 6.40. The fourth-order valence-electron chi connectivity index (χ4n) is 4.94. The number of nitro groups is 1. The molecule has 0 aromatic heterocycles. The van der Waals surface area contributed by atoms with Crippen molar-refractivity contribution in [1.82, 2.24) is 19.4 Å². The number of nitrogens with zero attached hydrogens (tertiary/aromatic N) is 4. The minimum Gasteiger partial charge on any atom is -0.323 e. The average molecular weight is 480 g/mol. The van der Waals surface area contributed by atoms with Gasteiger partial charge in [-0.3, -0.25) is 19.8 Å². The third kappa shape index (κ3) is 4.46. The van der Waals surface area contributed by atoms with Crippen molar-refractivity contribution in [2.75, 3.05) is 32.8 Å². The second-order valence-electron chi connectivity index (χ2n) is 9.02. The number of imide groups is 1. The smallest absolute Gasteiger partial charge is 0.323 e. The lowest BCUT2D eigenvalue weighted by Crippen LogP contribution is -2.53. The molecule has 0 radical (unpaired) electrons. The molecule has 12 heteroatoms. The Bertz CT molecular complexity index is 1040. The Morgan fingerprint density at radius 1 is 1.15 bits per heavy atom. The highest BCUT2D eigenvalue weighted by Gasteiger charge is 2.52.